The lowest BCUT2D eigenvalue weighted by molar-refractivity contribution is 0.304. The van der Waals surface area contributed by atoms with Gasteiger partial charge < -0.3 is 5.73 Å². The number of benzene rings is 1. The minimum Gasteiger partial charge on any atom is -0.329 e. The summed E-state index contributed by atoms with van der Waals surface area (Å²) in [4.78, 5) is -0.0461. The second-order valence-electron chi connectivity index (χ2n) is 5.69. The van der Waals surface area contributed by atoms with E-state index in [2.05, 4.69) is 4.72 Å². The number of halogens is 1. The maximum atomic E-state index is 13.2. The highest BCUT2D eigenvalue weighted by Gasteiger charge is 2.29. The molecular formula is C13H21FN2O2S. The van der Waals surface area contributed by atoms with Gasteiger partial charge in [-0.05, 0) is 30.0 Å². The molecule has 0 aliphatic rings. The Labute approximate surface area is 114 Å². The molecule has 0 bridgehead atoms. The Morgan fingerprint density at radius 3 is 2.42 bits per heavy atom. The van der Waals surface area contributed by atoms with Crippen molar-refractivity contribution in [1.82, 2.24) is 4.72 Å². The summed E-state index contributed by atoms with van der Waals surface area (Å²) >= 11 is 0. The Hall–Kier alpha value is -0.980. The van der Waals surface area contributed by atoms with Crippen LogP contribution in [0, 0.1) is 18.2 Å². The molecule has 1 aromatic rings. The summed E-state index contributed by atoms with van der Waals surface area (Å²) in [6, 6.07) is 3.28. The van der Waals surface area contributed by atoms with Gasteiger partial charge in [0.25, 0.3) is 0 Å². The molecule has 0 radical (unpaired) electrons. The van der Waals surface area contributed by atoms with E-state index in [0.29, 0.717) is 5.56 Å². The van der Waals surface area contributed by atoms with Gasteiger partial charge in [-0.1, -0.05) is 26.8 Å². The number of aryl methyl sites for hydroxylation is 1. The van der Waals surface area contributed by atoms with Crippen molar-refractivity contribution in [3.63, 3.8) is 0 Å². The molecule has 0 saturated heterocycles. The van der Waals surface area contributed by atoms with Crippen LogP contribution in [0.2, 0.25) is 0 Å². The number of nitrogens with two attached hydrogens (primary N) is 1. The molecule has 6 heteroatoms. The number of hydrogen-bond acceptors (Lipinski definition) is 3. The Morgan fingerprint density at radius 1 is 1.37 bits per heavy atom. The van der Waals surface area contributed by atoms with Gasteiger partial charge in [0.1, 0.15) is 5.82 Å². The summed E-state index contributed by atoms with van der Waals surface area (Å²) in [5.74, 6) is -0.578. The van der Waals surface area contributed by atoms with Crippen molar-refractivity contribution in [2.45, 2.75) is 38.6 Å². The first-order valence-electron chi connectivity index (χ1n) is 6.06. The number of hydrogen-bond donors (Lipinski definition) is 2. The fourth-order valence-electron chi connectivity index (χ4n) is 1.69. The highest BCUT2D eigenvalue weighted by atomic mass is 32.2. The van der Waals surface area contributed by atoms with E-state index < -0.39 is 21.9 Å². The van der Waals surface area contributed by atoms with Crippen molar-refractivity contribution in [2.24, 2.45) is 11.1 Å². The lowest BCUT2D eigenvalue weighted by atomic mass is 9.88. The van der Waals surface area contributed by atoms with Crippen molar-refractivity contribution in [3.05, 3.63) is 29.6 Å². The Kier molecular flexibility index (Phi) is 4.71. The zero-order valence-corrected chi connectivity index (χ0v) is 12.5. The maximum Gasteiger partial charge on any atom is 0.241 e. The van der Waals surface area contributed by atoms with E-state index in [4.69, 9.17) is 5.73 Å². The molecule has 108 valence electrons. The maximum absolute atomic E-state index is 13.2. The van der Waals surface area contributed by atoms with E-state index in [0.717, 1.165) is 6.07 Å². The summed E-state index contributed by atoms with van der Waals surface area (Å²) in [6.07, 6.45) is 0. The van der Waals surface area contributed by atoms with E-state index in [9.17, 15) is 12.8 Å². The van der Waals surface area contributed by atoms with Gasteiger partial charge in [0, 0.05) is 12.6 Å². The van der Waals surface area contributed by atoms with Gasteiger partial charge >= 0.3 is 0 Å². The number of rotatable bonds is 4. The standard InChI is InChI=1S/C13H21FN2O2S/c1-9-5-6-10(14)7-11(9)19(17,18)16-12(8-15)13(2,3)4/h5-7,12,16H,8,15H2,1-4H3. The van der Waals surface area contributed by atoms with Crippen LogP contribution in [0.4, 0.5) is 4.39 Å². The lowest BCUT2D eigenvalue weighted by Gasteiger charge is -2.30. The highest BCUT2D eigenvalue weighted by molar-refractivity contribution is 7.89. The second-order valence-corrected chi connectivity index (χ2v) is 7.37. The normalized spacial score (nSPS) is 14.4. The van der Waals surface area contributed by atoms with Gasteiger partial charge in [0.2, 0.25) is 10.0 Å². The first kappa shape index (κ1) is 16.1. The summed E-state index contributed by atoms with van der Waals surface area (Å²) in [5, 5.41) is 0. The molecule has 0 fully saturated rings. The third-order valence-corrected chi connectivity index (χ3v) is 4.63. The van der Waals surface area contributed by atoms with Crippen LogP contribution in [0.25, 0.3) is 0 Å². The SMILES string of the molecule is Cc1ccc(F)cc1S(=O)(=O)NC(CN)C(C)(C)C. The minimum absolute atomic E-state index is 0.0461. The van der Waals surface area contributed by atoms with Crippen molar-refractivity contribution in [1.29, 1.82) is 0 Å². The van der Waals surface area contributed by atoms with E-state index in [1.54, 1.807) is 6.92 Å². The highest BCUT2D eigenvalue weighted by Crippen LogP contribution is 2.22. The van der Waals surface area contributed by atoms with Gasteiger partial charge in [-0.3, -0.25) is 0 Å². The van der Waals surface area contributed by atoms with E-state index in [1.807, 2.05) is 20.8 Å². The molecule has 0 heterocycles. The topological polar surface area (TPSA) is 72.2 Å². The smallest absolute Gasteiger partial charge is 0.241 e. The van der Waals surface area contributed by atoms with Crippen molar-refractivity contribution >= 4 is 10.0 Å². The van der Waals surface area contributed by atoms with Gasteiger partial charge in [-0.2, -0.15) is 0 Å². The van der Waals surface area contributed by atoms with E-state index in [-0.39, 0.29) is 16.9 Å². The molecule has 0 amide bonds. The Balaban J connectivity index is 3.14. The lowest BCUT2D eigenvalue weighted by Crippen LogP contribution is -2.48. The van der Waals surface area contributed by atoms with Crippen molar-refractivity contribution < 1.29 is 12.8 Å². The molecule has 3 N–H and O–H groups in total. The minimum atomic E-state index is -3.78. The summed E-state index contributed by atoms with van der Waals surface area (Å²) in [6.45, 7) is 7.49. The van der Waals surface area contributed by atoms with Crippen LogP contribution in [-0.4, -0.2) is 21.0 Å². The van der Waals surface area contributed by atoms with Crippen LogP contribution in [0.15, 0.2) is 23.1 Å². The fourth-order valence-corrected chi connectivity index (χ4v) is 3.40. The molecule has 0 saturated carbocycles. The third-order valence-electron chi connectivity index (χ3n) is 3.02. The van der Waals surface area contributed by atoms with Crippen LogP contribution in [0.3, 0.4) is 0 Å². The Bertz CT molecular complexity index is 550. The van der Waals surface area contributed by atoms with Crippen LogP contribution in [0.1, 0.15) is 26.3 Å². The van der Waals surface area contributed by atoms with Gasteiger partial charge in [-0.15, -0.1) is 0 Å². The molecule has 0 aliphatic carbocycles. The molecule has 0 spiro atoms. The average molecular weight is 288 g/mol. The van der Waals surface area contributed by atoms with Crippen LogP contribution >= 0.6 is 0 Å². The molecule has 1 atom stereocenters. The molecule has 19 heavy (non-hydrogen) atoms. The largest absolute Gasteiger partial charge is 0.329 e. The fraction of sp³-hybridized carbons (Fsp3) is 0.538. The number of nitrogens with one attached hydrogen (secondary N) is 1. The molecule has 0 aromatic heterocycles. The summed E-state index contributed by atoms with van der Waals surface area (Å²) < 4.78 is 40.3. The van der Waals surface area contributed by atoms with E-state index in [1.165, 1.54) is 12.1 Å². The summed E-state index contributed by atoms with van der Waals surface area (Å²) in [7, 11) is -3.78. The molecule has 1 rings (SSSR count). The van der Waals surface area contributed by atoms with Crippen LogP contribution < -0.4 is 10.5 Å². The van der Waals surface area contributed by atoms with Gasteiger partial charge in [0.15, 0.2) is 0 Å². The molecule has 0 aliphatic heterocycles. The van der Waals surface area contributed by atoms with Crippen LogP contribution in [0.5, 0.6) is 0 Å². The molecule has 1 unspecified atom stereocenters. The zero-order valence-electron chi connectivity index (χ0n) is 11.7. The average Bonchev–Trinajstić information content (AvgIpc) is 2.27. The molecule has 1 aromatic carbocycles. The quantitative estimate of drug-likeness (QED) is 0.887. The first-order valence-corrected chi connectivity index (χ1v) is 7.55. The monoisotopic (exact) mass is 288 g/mol. The predicted octanol–water partition coefficient (Wildman–Crippen LogP) is 1.79. The summed E-state index contributed by atoms with van der Waals surface area (Å²) in [5.41, 5.74) is 5.79. The zero-order chi connectivity index (χ0) is 14.8. The molecule has 4 nitrogen and oxygen atoms in total. The number of sulfonamides is 1. The van der Waals surface area contributed by atoms with Crippen LogP contribution in [-0.2, 0) is 10.0 Å². The van der Waals surface area contributed by atoms with Crippen molar-refractivity contribution in [2.75, 3.05) is 6.54 Å². The first-order chi connectivity index (χ1) is 8.58. The molecular weight excluding hydrogens is 267 g/mol. The van der Waals surface area contributed by atoms with Gasteiger partial charge in [0.05, 0.1) is 4.90 Å². The van der Waals surface area contributed by atoms with Crippen molar-refractivity contribution in [3.8, 4) is 0 Å². The Morgan fingerprint density at radius 2 is 1.95 bits per heavy atom. The van der Waals surface area contributed by atoms with E-state index >= 15 is 0 Å². The second kappa shape index (κ2) is 5.56. The third kappa shape index (κ3) is 3.99. The predicted molar refractivity (Wildman–Crippen MR) is 73.8 cm³/mol. The van der Waals surface area contributed by atoms with Gasteiger partial charge in [-0.25, -0.2) is 17.5 Å².